The Morgan fingerprint density at radius 2 is 2.00 bits per heavy atom. The summed E-state index contributed by atoms with van der Waals surface area (Å²) in [6.07, 6.45) is -1.53. The summed E-state index contributed by atoms with van der Waals surface area (Å²) in [7, 11) is 1.99. The molecule has 0 saturated heterocycles. The first kappa shape index (κ1) is 13.6. The zero-order valence-electron chi connectivity index (χ0n) is 9.89. The highest BCUT2D eigenvalue weighted by molar-refractivity contribution is 9.10. The minimum atomic E-state index is -4.29. The Kier molecular flexibility index (Phi) is 3.82. The van der Waals surface area contributed by atoms with Gasteiger partial charge in [0, 0.05) is 17.6 Å². The maximum atomic E-state index is 12.7. The van der Waals surface area contributed by atoms with Gasteiger partial charge in [-0.2, -0.15) is 13.2 Å². The van der Waals surface area contributed by atoms with E-state index < -0.39 is 11.7 Å². The minimum Gasteiger partial charge on any atom is -0.302 e. The molecule has 1 heterocycles. The molecule has 1 aliphatic rings. The highest BCUT2D eigenvalue weighted by atomic mass is 79.9. The highest BCUT2D eigenvalue weighted by Gasteiger charge is 2.31. The summed E-state index contributed by atoms with van der Waals surface area (Å²) in [6.45, 7) is 1.65. The molecule has 98 valence electrons. The molecule has 0 radical (unpaired) electrons. The first-order valence-corrected chi connectivity index (χ1v) is 6.42. The van der Waals surface area contributed by atoms with Crippen LogP contribution in [-0.4, -0.2) is 25.0 Å². The van der Waals surface area contributed by atoms with Crippen molar-refractivity contribution in [3.8, 4) is 0 Å². The molecule has 0 spiro atoms. The average Bonchev–Trinajstić information content (AvgIpc) is 2.29. The Hall–Kier alpha value is -0.810. The molecule has 0 fully saturated rings. The summed E-state index contributed by atoms with van der Waals surface area (Å²) in [6, 6.07) is 3.79. The number of halogens is 4. The molecule has 1 aromatic rings. The number of alkyl halides is 3. The maximum Gasteiger partial charge on any atom is 0.416 e. The van der Waals surface area contributed by atoms with E-state index >= 15 is 0 Å². The van der Waals surface area contributed by atoms with E-state index in [1.807, 2.05) is 13.1 Å². The summed E-state index contributed by atoms with van der Waals surface area (Å²) in [5.41, 5.74) is 1.03. The lowest BCUT2D eigenvalue weighted by atomic mass is 9.98. The van der Waals surface area contributed by atoms with Crippen molar-refractivity contribution in [2.24, 2.45) is 0 Å². The molecule has 0 bridgehead atoms. The van der Waals surface area contributed by atoms with Crippen molar-refractivity contribution in [2.45, 2.75) is 12.6 Å². The molecule has 0 unspecified atom stereocenters. The van der Waals surface area contributed by atoms with E-state index in [4.69, 9.17) is 0 Å². The number of nitrogens with zero attached hydrogens (tertiary/aromatic N) is 1. The third-order valence-corrected chi connectivity index (χ3v) is 3.74. The van der Waals surface area contributed by atoms with Crippen molar-refractivity contribution in [2.75, 3.05) is 20.1 Å². The Balaban J connectivity index is 2.38. The second-order valence-electron chi connectivity index (χ2n) is 4.43. The normalized spacial score (nSPS) is 17.7. The highest BCUT2D eigenvalue weighted by Crippen LogP contribution is 2.35. The van der Waals surface area contributed by atoms with Gasteiger partial charge >= 0.3 is 6.18 Å². The van der Waals surface area contributed by atoms with Gasteiger partial charge in [-0.25, -0.2) is 0 Å². The molecule has 2 rings (SSSR count). The first-order chi connectivity index (χ1) is 8.38. The molecule has 18 heavy (non-hydrogen) atoms. The first-order valence-electron chi connectivity index (χ1n) is 5.62. The van der Waals surface area contributed by atoms with Crippen LogP contribution in [0.2, 0.25) is 0 Å². The fourth-order valence-electron chi connectivity index (χ4n) is 1.96. The van der Waals surface area contributed by atoms with Gasteiger partial charge in [0.2, 0.25) is 0 Å². The van der Waals surface area contributed by atoms with E-state index in [0.29, 0.717) is 10.0 Å². The van der Waals surface area contributed by atoms with Gasteiger partial charge in [-0.1, -0.05) is 22.0 Å². The van der Waals surface area contributed by atoms with Gasteiger partial charge < -0.3 is 4.90 Å². The Labute approximate surface area is 112 Å². The van der Waals surface area contributed by atoms with E-state index in [0.717, 1.165) is 31.1 Å². The van der Waals surface area contributed by atoms with Gasteiger partial charge in [-0.15, -0.1) is 0 Å². The molecular weight excluding hydrogens is 307 g/mol. The lowest BCUT2D eigenvalue weighted by Gasteiger charge is -2.23. The van der Waals surface area contributed by atoms with Gasteiger partial charge in [-0.3, -0.25) is 0 Å². The zero-order chi connectivity index (χ0) is 13.3. The summed E-state index contributed by atoms with van der Waals surface area (Å²) in [4.78, 5) is 2.13. The molecule has 0 N–H and O–H groups in total. The van der Waals surface area contributed by atoms with Crippen LogP contribution in [0.5, 0.6) is 0 Å². The molecule has 0 aliphatic carbocycles. The van der Waals surface area contributed by atoms with Crippen LogP contribution in [0.4, 0.5) is 13.2 Å². The number of benzene rings is 1. The van der Waals surface area contributed by atoms with Crippen LogP contribution < -0.4 is 0 Å². The van der Waals surface area contributed by atoms with E-state index in [1.165, 1.54) is 12.1 Å². The smallest absolute Gasteiger partial charge is 0.302 e. The van der Waals surface area contributed by atoms with Crippen molar-refractivity contribution < 1.29 is 13.2 Å². The monoisotopic (exact) mass is 319 g/mol. The van der Waals surface area contributed by atoms with Crippen LogP contribution in [0, 0.1) is 0 Å². The Bertz CT molecular complexity index is 480. The van der Waals surface area contributed by atoms with E-state index in [2.05, 4.69) is 20.8 Å². The fraction of sp³-hybridized carbons (Fsp3) is 0.385. The maximum absolute atomic E-state index is 12.7. The largest absolute Gasteiger partial charge is 0.416 e. The van der Waals surface area contributed by atoms with Crippen molar-refractivity contribution in [3.63, 3.8) is 0 Å². The van der Waals surface area contributed by atoms with Crippen molar-refractivity contribution in [3.05, 3.63) is 39.9 Å². The van der Waals surface area contributed by atoms with Crippen LogP contribution >= 0.6 is 15.9 Å². The zero-order valence-corrected chi connectivity index (χ0v) is 11.5. The molecule has 5 heteroatoms. The second kappa shape index (κ2) is 5.05. The third-order valence-electron chi connectivity index (χ3n) is 3.05. The quantitative estimate of drug-likeness (QED) is 0.750. The molecule has 0 aromatic heterocycles. The number of rotatable bonds is 1. The second-order valence-corrected chi connectivity index (χ2v) is 5.29. The number of hydrogen-bond acceptors (Lipinski definition) is 1. The van der Waals surface area contributed by atoms with Gasteiger partial charge in [0.15, 0.2) is 0 Å². The van der Waals surface area contributed by atoms with Crippen LogP contribution in [-0.2, 0) is 6.18 Å². The lowest BCUT2D eigenvalue weighted by molar-refractivity contribution is -0.137. The van der Waals surface area contributed by atoms with Gasteiger partial charge in [-0.05, 0) is 42.8 Å². The van der Waals surface area contributed by atoms with Crippen molar-refractivity contribution >= 4 is 21.5 Å². The van der Waals surface area contributed by atoms with Crippen LogP contribution in [0.15, 0.2) is 28.7 Å². The summed E-state index contributed by atoms with van der Waals surface area (Å²) in [5, 5.41) is 0. The van der Waals surface area contributed by atoms with Crippen LogP contribution in [0.3, 0.4) is 0 Å². The molecule has 0 saturated carbocycles. The van der Waals surface area contributed by atoms with Gasteiger partial charge in [0.1, 0.15) is 0 Å². The molecule has 0 atom stereocenters. The third kappa shape index (κ3) is 2.95. The number of likely N-dealkylation sites (N-methyl/N-ethyl adjacent to an activating group) is 1. The van der Waals surface area contributed by atoms with Crippen LogP contribution in [0.1, 0.15) is 17.5 Å². The molecule has 1 aromatic carbocycles. The molecule has 1 aliphatic heterocycles. The Morgan fingerprint density at radius 3 is 2.56 bits per heavy atom. The van der Waals surface area contributed by atoms with Crippen molar-refractivity contribution in [1.29, 1.82) is 0 Å². The summed E-state index contributed by atoms with van der Waals surface area (Å²) >= 11 is 3.33. The fourth-order valence-corrected chi connectivity index (χ4v) is 2.46. The average molecular weight is 320 g/mol. The Morgan fingerprint density at radius 1 is 1.28 bits per heavy atom. The minimum absolute atomic E-state index is 0.597. The van der Waals surface area contributed by atoms with E-state index in [1.54, 1.807) is 0 Å². The lowest BCUT2D eigenvalue weighted by Crippen LogP contribution is -2.23. The predicted molar refractivity (Wildman–Crippen MR) is 69.2 cm³/mol. The summed E-state index contributed by atoms with van der Waals surface area (Å²) < 4.78 is 38.8. The molecule has 0 amide bonds. The SMILES string of the molecule is CN1CC=C(c2cc(C(F)(F)F)ccc2Br)CC1. The summed E-state index contributed by atoms with van der Waals surface area (Å²) in [5.74, 6) is 0. The molecular formula is C13H13BrF3N. The number of hydrogen-bond donors (Lipinski definition) is 0. The van der Waals surface area contributed by atoms with E-state index in [-0.39, 0.29) is 0 Å². The van der Waals surface area contributed by atoms with Crippen molar-refractivity contribution in [1.82, 2.24) is 4.90 Å². The van der Waals surface area contributed by atoms with Gasteiger partial charge in [0.25, 0.3) is 0 Å². The van der Waals surface area contributed by atoms with E-state index in [9.17, 15) is 13.2 Å². The predicted octanol–water partition coefficient (Wildman–Crippen LogP) is 4.19. The topological polar surface area (TPSA) is 3.24 Å². The standard InChI is InChI=1S/C13H13BrF3N/c1-18-6-4-9(5-7-18)11-8-10(13(15,16)17)2-3-12(11)14/h2-4,8H,5-7H2,1H3. The molecule has 1 nitrogen and oxygen atoms in total. The van der Waals surface area contributed by atoms with Crippen LogP contribution in [0.25, 0.3) is 5.57 Å². The van der Waals surface area contributed by atoms with Gasteiger partial charge in [0.05, 0.1) is 5.56 Å².